The molecule has 0 aliphatic heterocycles. The molecule has 7 heteroatoms. The molecule has 1 heterocycles. The number of hydrogen-bond donors (Lipinski definition) is 2. The molecule has 0 spiro atoms. The molecule has 0 saturated heterocycles. The van der Waals surface area contributed by atoms with Crippen LogP contribution in [0.5, 0.6) is 0 Å². The third kappa shape index (κ3) is 4.68. The Morgan fingerprint density at radius 1 is 1.00 bits per heavy atom. The van der Waals surface area contributed by atoms with Crippen molar-refractivity contribution in [1.29, 1.82) is 0 Å². The van der Waals surface area contributed by atoms with Crippen molar-refractivity contribution < 1.29 is 4.79 Å². The Bertz CT molecular complexity index is 884. The molecule has 0 saturated carbocycles. The van der Waals surface area contributed by atoms with E-state index in [1.54, 1.807) is 30.3 Å². The number of nitrogens with zero attached hydrogens (tertiary/aromatic N) is 2. The first kappa shape index (κ1) is 17.2. The van der Waals surface area contributed by atoms with E-state index in [9.17, 15) is 4.79 Å². The van der Waals surface area contributed by atoms with E-state index in [4.69, 9.17) is 23.2 Å². The summed E-state index contributed by atoms with van der Waals surface area (Å²) in [5, 5.41) is 7.03. The van der Waals surface area contributed by atoms with Crippen molar-refractivity contribution in [3.05, 3.63) is 82.2 Å². The van der Waals surface area contributed by atoms with Crippen LogP contribution in [0.4, 0.5) is 11.5 Å². The van der Waals surface area contributed by atoms with Crippen molar-refractivity contribution in [2.24, 2.45) is 0 Å². The molecule has 0 atom stereocenters. The summed E-state index contributed by atoms with van der Waals surface area (Å²) in [7, 11) is 0. The van der Waals surface area contributed by atoms with Gasteiger partial charge in [0.2, 0.25) is 0 Å². The molecule has 3 aromatic rings. The molecule has 0 aliphatic rings. The fraction of sp³-hybridized carbons (Fsp3) is 0.0556. The van der Waals surface area contributed by atoms with E-state index in [1.165, 1.54) is 6.33 Å². The lowest BCUT2D eigenvalue weighted by Gasteiger charge is -2.09. The normalized spacial score (nSPS) is 10.3. The molecule has 126 valence electrons. The molecule has 3 rings (SSSR count). The number of amides is 1. The van der Waals surface area contributed by atoms with Gasteiger partial charge in [-0.2, -0.15) is 0 Å². The zero-order valence-electron chi connectivity index (χ0n) is 13.0. The summed E-state index contributed by atoms with van der Waals surface area (Å²) < 4.78 is 0. The Kier molecular flexibility index (Phi) is 5.48. The van der Waals surface area contributed by atoms with Crippen LogP contribution in [0.1, 0.15) is 16.1 Å². The zero-order valence-corrected chi connectivity index (χ0v) is 14.6. The highest BCUT2D eigenvalue weighted by atomic mass is 35.5. The van der Waals surface area contributed by atoms with Crippen molar-refractivity contribution in [3.63, 3.8) is 0 Å². The van der Waals surface area contributed by atoms with Crippen molar-refractivity contribution in [3.8, 4) is 0 Å². The summed E-state index contributed by atoms with van der Waals surface area (Å²) in [6.07, 6.45) is 1.34. The van der Waals surface area contributed by atoms with Gasteiger partial charge in [-0.15, -0.1) is 0 Å². The Labute approximate surface area is 155 Å². The van der Waals surface area contributed by atoms with Crippen LogP contribution in [0.3, 0.4) is 0 Å². The number of rotatable bonds is 5. The number of para-hydroxylation sites is 1. The van der Waals surface area contributed by atoms with Gasteiger partial charge in [0, 0.05) is 17.6 Å². The fourth-order valence-corrected chi connectivity index (χ4v) is 2.43. The van der Waals surface area contributed by atoms with Gasteiger partial charge in [0.05, 0.1) is 10.7 Å². The smallest absolute Gasteiger partial charge is 0.274 e. The number of carbonyl (C=O) groups is 1. The second-order valence-electron chi connectivity index (χ2n) is 5.20. The summed E-state index contributed by atoms with van der Waals surface area (Å²) in [4.78, 5) is 20.5. The second kappa shape index (κ2) is 7.96. The van der Waals surface area contributed by atoms with Gasteiger partial charge in [0.15, 0.2) is 0 Å². The number of hydrogen-bond acceptors (Lipinski definition) is 4. The maximum atomic E-state index is 12.3. The topological polar surface area (TPSA) is 66.9 Å². The summed E-state index contributed by atoms with van der Waals surface area (Å²) in [6.45, 7) is 0.555. The third-order valence-electron chi connectivity index (χ3n) is 3.41. The first-order valence-corrected chi connectivity index (χ1v) is 8.23. The molecule has 5 nitrogen and oxygen atoms in total. The third-order valence-corrected chi connectivity index (χ3v) is 3.99. The lowest BCUT2D eigenvalue weighted by molar-refractivity contribution is 0.102. The van der Waals surface area contributed by atoms with E-state index in [-0.39, 0.29) is 11.6 Å². The lowest BCUT2D eigenvalue weighted by atomic mass is 10.2. The highest BCUT2D eigenvalue weighted by molar-refractivity contribution is 6.33. The molecule has 0 fully saturated rings. The Morgan fingerprint density at radius 3 is 2.52 bits per heavy atom. The van der Waals surface area contributed by atoms with Crippen LogP contribution in [0.15, 0.2) is 60.9 Å². The van der Waals surface area contributed by atoms with Crippen LogP contribution in [-0.4, -0.2) is 15.9 Å². The van der Waals surface area contributed by atoms with E-state index in [1.807, 2.05) is 24.3 Å². The first-order chi connectivity index (χ1) is 12.1. The standard InChI is InChI=1S/C18H14Cl2N4O/c19-13-7-5-12(6-8-13)10-21-17-9-16(22-11-23-17)18(25)24-15-4-2-1-3-14(15)20/h1-9,11H,10H2,(H,24,25)(H,21,22,23). The second-order valence-corrected chi connectivity index (χ2v) is 6.05. The molecule has 0 unspecified atom stereocenters. The number of benzene rings is 2. The van der Waals surface area contributed by atoms with Gasteiger partial charge >= 0.3 is 0 Å². The van der Waals surface area contributed by atoms with Crippen LogP contribution in [0.2, 0.25) is 10.0 Å². The lowest BCUT2D eigenvalue weighted by Crippen LogP contribution is -2.15. The van der Waals surface area contributed by atoms with Crippen LogP contribution in [-0.2, 0) is 6.54 Å². The molecule has 2 N–H and O–H groups in total. The molecule has 1 aromatic heterocycles. The van der Waals surface area contributed by atoms with Crippen LogP contribution < -0.4 is 10.6 Å². The predicted molar refractivity (Wildman–Crippen MR) is 100 cm³/mol. The summed E-state index contributed by atoms with van der Waals surface area (Å²) >= 11 is 11.9. The summed E-state index contributed by atoms with van der Waals surface area (Å²) in [6, 6.07) is 16.1. The average Bonchev–Trinajstić information content (AvgIpc) is 2.63. The predicted octanol–water partition coefficient (Wildman–Crippen LogP) is 4.65. The van der Waals surface area contributed by atoms with Gasteiger partial charge in [-0.1, -0.05) is 47.5 Å². The SMILES string of the molecule is O=C(Nc1ccccc1Cl)c1cc(NCc2ccc(Cl)cc2)ncn1. The van der Waals surface area contributed by atoms with Gasteiger partial charge in [-0.3, -0.25) is 4.79 Å². The Morgan fingerprint density at radius 2 is 1.76 bits per heavy atom. The highest BCUT2D eigenvalue weighted by Crippen LogP contribution is 2.21. The minimum absolute atomic E-state index is 0.244. The molecule has 1 amide bonds. The van der Waals surface area contributed by atoms with E-state index in [0.717, 1.165) is 5.56 Å². The molecule has 25 heavy (non-hydrogen) atoms. The summed E-state index contributed by atoms with van der Waals surface area (Å²) in [5.41, 5.74) is 1.82. The minimum Gasteiger partial charge on any atom is -0.366 e. The van der Waals surface area contributed by atoms with E-state index in [2.05, 4.69) is 20.6 Å². The van der Waals surface area contributed by atoms with E-state index < -0.39 is 0 Å². The minimum atomic E-state index is -0.356. The molecular weight excluding hydrogens is 359 g/mol. The maximum absolute atomic E-state index is 12.3. The van der Waals surface area contributed by atoms with Gasteiger partial charge in [-0.05, 0) is 29.8 Å². The quantitative estimate of drug-likeness (QED) is 0.683. The van der Waals surface area contributed by atoms with Crippen LogP contribution >= 0.6 is 23.2 Å². The maximum Gasteiger partial charge on any atom is 0.274 e. The zero-order chi connectivity index (χ0) is 17.6. The fourth-order valence-electron chi connectivity index (χ4n) is 2.12. The number of anilines is 2. The summed E-state index contributed by atoms with van der Waals surface area (Å²) in [5.74, 6) is 0.194. The average molecular weight is 373 g/mol. The number of halogens is 2. The van der Waals surface area contributed by atoms with Crippen LogP contribution in [0.25, 0.3) is 0 Å². The van der Waals surface area contributed by atoms with Crippen LogP contribution in [0, 0.1) is 0 Å². The van der Waals surface area contributed by atoms with Gasteiger partial charge in [-0.25, -0.2) is 9.97 Å². The van der Waals surface area contributed by atoms with Crippen molar-refractivity contribution in [2.75, 3.05) is 10.6 Å². The highest BCUT2D eigenvalue weighted by Gasteiger charge is 2.10. The van der Waals surface area contributed by atoms with Crippen molar-refractivity contribution >= 4 is 40.6 Å². The molecule has 2 aromatic carbocycles. The molecule has 0 radical (unpaired) electrons. The van der Waals surface area contributed by atoms with E-state index >= 15 is 0 Å². The van der Waals surface area contributed by atoms with Crippen molar-refractivity contribution in [2.45, 2.75) is 6.54 Å². The van der Waals surface area contributed by atoms with E-state index in [0.29, 0.717) is 28.1 Å². The van der Waals surface area contributed by atoms with Crippen molar-refractivity contribution in [1.82, 2.24) is 9.97 Å². The first-order valence-electron chi connectivity index (χ1n) is 7.48. The number of aromatic nitrogens is 2. The monoisotopic (exact) mass is 372 g/mol. The Hall–Kier alpha value is -2.63. The molecule has 0 bridgehead atoms. The van der Waals surface area contributed by atoms with Gasteiger partial charge in [0.25, 0.3) is 5.91 Å². The van der Waals surface area contributed by atoms with Gasteiger partial charge < -0.3 is 10.6 Å². The molecular formula is C18H14Cl2N4O. The molecule has 0 aliphatic carbocycles. The largest absolute Gasteiger partial charge is 0.366 e. The number of carbonyl (C=O) groups excluding carboxylic acids is 1. The number of nitrogens with one attached hydrogen (secondary N) is 2. The van der Waals surface area contributed by atoms with Gasteiger partial charge in [0.1, 0.15) is 17.8 Å². The Balaban J connectivity index is 1.67.